The maximum absolute atomic E-state index is 4.28. The lowest BCUT2D eigenvalue weighted by molar-refractivity contribution is 0.241. The topological polar surface area (TPSA) is 43.1 Å². The molecule has 1 rings (SSSR count). The molecule has 0 aliphatic carbocycles. The van der Waals surface area contributed by atoms with Crippen LogP contribution < -0.4 is 5.43 Å². The van der Waals surface area contributed by atoms with Crippen LogP contribution in [0.1, 0.15) is 13.8 Å². The zero-order valence-corrected chi connectivity index (χ0v) is 7.44. The van der Waals surface area contributed by atoms with E-state index in [1.807, 2.05) is 5.01 Å². The molecule has 1 radical (unpaired) electrons. The second-order valence-electron chi connectivity index (χ2n) is 2.31. The summed E-state index contributed by atoms with van der Waals surface area (Å²) in [5.41, 5.74) is 4.28. The minimum absolute atomic E-state index is 0.716. The van der Waals surface area contributed by atoms with Crippen molar-refractivity contribution in [2.45, 2.75) is 13.8 Å². The van der Waals surface area contributed by atoms with E-state index in [4.69, 9.17) is 0 Å². The fourth-order valence-electron chi connectivity index (χ4n) is 0.853. The smallest absolute Gasteiger partial charge is 0.169 e. The number of rotatable bonds is 4. The molecule has 0 spiro atoms. The molecule has 0 aliphatic heterocycles. The molecule has 0 unspecified atom stereocenters. The molecule has 12 heavy (non-hydrogen) atoms. The van der Waals surface area contributed by atoms with Gasteiger partial charge in [0.1, 0.15) is 6.33 Å². The molecule has 0 aromatic carbocycles. The second kappa shape index (κ2) is 4.66. The summed E-state index contributed by atoms with van der Waals surface area (Å²) in [5.74, 6) is 0.716. The standard InChI is InChI=1S/C8H13N4/c1-3-12(4-2)11-8-5-6-9-7-10-8/h5-7H,3-4H2,1-2H3. The van der Waals surface area contributed by atoms with Gasteiger partial charge in [-0.3, -0.25) is 0 Å². The molecule has 4 nitrogen and oxygen atoms in total. The lowest BCUT2D eigenvalue weighted by atomic mass is 10.6. The fourth-order valence-corrected chi connectivity index (χ4v) is 0.853. The Morgan fingerprint density at radius 3 is 2.67 bits per heavy atom. The maximum atomic E-state index is 4.28. The summed E-state index contributed by atoms with van der Waals surface area (Å²) in [6.45, 7) is 5.93. The zero-order chi connectivity index (χ0) is 8.81. The first-order valence-electron chi connectivity index (χ1n) is 4.09. The molecule has 4 heteroatoms. The van der Waals surface area contributed by atoms with Crippen LogP contribution in [-0.2, 0) is 0 Å². The minimum atomic E-state index is 0.716. The Morgan fingerprint density at radius 2 is 2.17 bits per heavy atom. The van der Waals surface area contributed by atoms with Crippen molar-refractivity contribution in [1.82, 2.24) is 20.4 Å². The average molecular weight is 165 g/mol. The van der Waals surface area contributed by atoms with Crippen LogP contribution in [-0.4, -0.2) is 28.1 Å². The normalized spacial score (nSPS) is 10.2. The molecule has 0 amide bonds. The predicted molar refractivity (Wildman–Crippen MR) is 46.7 cm³/mol. The van der Waals surface area contributed by atoms with Gasteiger partial charge in [-0.25, -0.2) is 9.97 Å². The van der Waals surface area contributed by atoms with Gasteiger partial charge >= 0.3 is 0 Å². The number of hydrogen-bond donors (Lipinski definition) is 0. The molecule has 1 aromatic rings. The third-order valence-corrected chi connectivity index (χ3v) is 1.54. The van der Waals surface area contributed by atoms with Gasteiger partial charge in [-0.1, -0.05) is 13.8 Å². The highest BCUT2D eigenvalue weighted by Crippen LogP contribution is 2.00. The van der Waals surface area contributed by atoms with Crippen LogP contribution in [0.5, 0.6) is 0 Å². The molecule has 0 bridgehead atoms. The van der Waals surface area contributed by atoms with Gasteiger partial charge < -0.3 is 0 Å². The SMILES string of the molecule is CCN(CC)[N]c1ccncn1. The molecular weight excluding hydrogens is 152 g/mol. The zero-order valence-electron chi connectivity index (χ0n) is 7.44. The third kappa shape index (κ3) is 2.47. The van der Waals surface area contributed by atoms with Crippen LogP contribution >= 0.6 is 0 Å². The summed E-state index contributed by atoms with van der Waals surface area (Å²) in [6.07, 6.45) is 3.19. The summed E-state index contributed by atoms with van der Waals surface area (Å²) < 4.78 is 0. The van der Waals surface area contributed by atoms with E-state index < -0.39 is 0 Å². The molecule has 0 saturated heterocycles. The number of nitrogens with zero attached hydrogens (tertiary/aromatic N) is 4. The Morgan fingerprint density at radius 1 is 1.42 bits per heavy atom. The van der Waals surface area contributed by atoms with Gasteiger partial charge in [0.25, 0.3) is 0 Å². The highest BCUT2D eigenvalue weighted by molar-refractivity contribution is 5.20. The molecule has 1 aromatic heterocycles. The molecule has 1 heterocycles. The molecule has 0 saturated carbocycles. The Balaban J connectivity index is 2.51. The third-order valence-electron chi connectivity index (χ3n) is 1.54. The van der Waals surface area contributed by atoms with Crippen molar-refractivity contribution in [1.29, 1.82) is 0 Å². The van der Waals surface area contributed by atoms with Crippen molar-refractivity contribution in [2.24, 2.45) is 0 Å². The van der Waals surface area contributed by atoms with Gasteiger partial charge in [0.05, 0.1) is 0 Å². The van der Waals surface area contributed by atoms with Crippen LogP contribution in [0, 0.1) is 0 Å². The Kier molecular flexibility index (Phi) is 3.47. The fraction of sp³-hybridized carbons (Fsp3) is 0.500. The van der Waals surface area contributed by atoms with E-state index in [0.29, 0.717) is 5.82 Å². The van der Waals surface area contributed by atoms with E-state index in [1.165, 1.54) is 6.33 Å². The van der Waals surface area contributed by atoms with Crippen LogP contribution in [0.15, 0.2) is 18.6 Å². The minimum Gasteiger partial charge on any atom is -0.245 e. The molecule has 0 aliphatic rings. The monoisotopic (exact) mass is 165 g/mol. The van der Waals surface area contributed by atoms with Gasteiger partial charge in [0.2, 0.25) is 0 Å². The van der Waals surface area contributed by atoms with Gasteiger partial charge in [0, 0.05) is 25.4 Å². The van der Waals surface area contributed by atoms with E-state index in [0.717, 1.165) is 13.1 Å². The van der Waals surface area contributed by atoms with Crippen LogP contribution in [0.25, 0.3) is 0 Å². The highest BCUT2D eigenvalue weighted by atomic mass is 15.5. The lowest BCUT2D eigenvalue weighted by Gasteiger charge is -2.15. The van der Waals surface area contributed by atoms with Crippen LogP contribution in [0.2, 0.25) is 0 Å². The average Bonchev–Trinajstić information content (AvgIpc) is 2.16. The highest BCUT2D eigenvalue weighted by Gasteiger charge is 2.00. The van der Waals surface area contributed by atoms with Gasteiger partial charge in [-0.05, 0) is 0 Å². The molecule has 65 valence electrons. The molecule has 0 atom stereocenters. The van der Waals surface area contributed by atoms with E-state index >= 15 is 0 Å². The van der Waals surface area contributed by atoms with Crippen molar-refractivity contribution in [3.63, 3.8) is 0 Å². The molecule has 0 fully saturated rings. The molecule has 0 N–H and O–H groups in total. The number of hydrogen-bond acceptors (Lipinski definition) is 3. The maximum Gasteiger partial charge on any atom is 0.169 e. The van der Waals surface area contributed by atoms with Crippen LogP contribution in [0.3, 0.4) is 0 Å². The van der Waals surface area contributed by atoms with E-state index in [1.54, 1.807) is 12.3 Å². The summed E-state index contributed by atoms with van der Waals surface area (Å²) in [6, 6.07) is 1.79. The van der Waals surface area contributed by atoms with E-state index in [9.17, 15) is 0 Å². The Hall–Kier alpha value is -1.16. The summed E-state index contributed by atoms with van der Waals surface area (Å²) in [5, 5.41) is 1.95. The van der Waals surface area contributed by atoms with Gasteiger partial charge in [-0.2, -0.15) is 10.4 Å². The van der Waals surface area contributed by atoms with E-state index in [2.05, 4.69) is 29.2 Å². The van der Waals surface area contributed by atoms with Crippen molar-refractivity contribution in [3.8, 4) is 0 Å². The summed E-state index contributed by atoms with van der Waals surface area (Å²) >= 11 is 0. The van der Waals surface area contributed by atoms with Crippen LogP contribution in [0.4, 0.5) is 5.82 Å². The van der Waals surface area contributed by atoms with Crippen molar-refractivity contribution in [2.75, 3.05) is 13.1 Å². The summed E-state index contributed by atoms with van der Waals surface area (Å²) in [7, 11) is 0. The summed E-state index contributed by atoms with van der Waals surface area (Å²) in [4.78, 5) is 7.81. The van der Waals surface area contributed by atoms with Crippen molar-refractivity contribution < 1.29 is 0 Å². The quantitative estimate of drug-likeness (QED) is 0.624. The Bertz CT molecular complexity index is 208. The Labute approximate surface area is 72.6 Å². The first kappa shape index (κ1) is 8.93. The number of aromatic nitrogens is 2. The first-order chi connectivity index (χ1) is 5.86. The van der Waals surface area contributed by atoms with Crippen molar-refractivity contribution >= 4 is 5.82 Å². The van der Waals surface area contributed by atoms with E-state index in [-0.39, 0.29) is 0 Å². The predicted octanol–water partition coefficient (Wildman–Crippen LogP) is 0.969. The van der Waals surface area contributed by atoms with Gasteiger partial charge in [0.15, 0.2) is 5.82 Å². The molecular formula is C8H13N4. The van der Waals surface area contributed by atoms with Crippen molar-refractivity contribution in [3.05, 3.63) is 18.6 Å². The largest absolute Gasteiger partial charge is 0.245 e. The van der Waals surface area contributed by atoms with Gasteiger partial charge in [-0.15, -0.1) is 0 Å². The second-order valence-corrected chi connectivity index (χ2v) is 2.31. The lowest BCUT2D eigenvalue weighted by Crippen LogP contribution is -2.28. The first-order valence-corrected chi connectivity index (χ1v) is 4.09.